The van der Waals surface area contributed by atoms with Gasteiger partial charge in [-0.25, -0.2) is 18.2 Å². The lowest BCUT2D eigenvalue weighted by atomic mass is 9.87. The molecule has 6 aromatic rings. The van der Waals surface area contributed by atoms with Crippen LogP contribution in [-0.4, -0.2) is 79.2 Å². The van der Waals surface area contributed by atoms with Crippen LogP contribution in [0.1, 0.15) is 87.3 Å². The Hall–Kier alpha value is -4.40. The number of halogens is 4. The molecule has 8 rings (SSSR count). The number of aromatic amines is 2. The summed E-state index contributed by atoms with van der Waals surface area (Å²) in [5.74, 6) is -0.160. The van der Waals surface area contributed by atoms with Crippen LogP contribution in [0.2, 0.25) is 0 Å². The summed E-state index contributed by atoms with van der Waals surface area (Å²) in [6, 6.07) is 9.41. The van der Waals surface area contributed by atoms with Crippen molar-refractivity contribution in [3.05, 3.63) is 93.6 Å². The van der Waals surface area contributed by atoms with E-state index in [1.807, 2.05) is 53.0 Å². The molecule has 3 atom stereocenters. The first-order valence-electron chi connectivity index (χ1n) is 19.2. The third-order valence-corrected chi connectivity index (χ3v) is 11.7. The van der Waals surface area contributed by atoms with E-state index in [0.29, 0.717) is 31.7 Å². The first kappa shape index (κ1) is 37.5. The number of ether oxygens (including phenoxy) is 1. The molecule has 1 unspecified atom stereocenters. The average Bonchev–Trinajstić information content (AvgIpc) is 3.92. The number of anilines is 1. The van der Waals surface area contributed by atoms with Crippen LogP contribution in [0.4, 0.5) is 19.0 Å². The Labute approximate surface area is 326 Å². The van der Waals surface area contributed by atoms with Gasteiger partial charge in [0.1, 0.15) is 28.9 Å². The lowest BCUT2D eigenvalue weighted by Gasteiger charge is -2.43. The maximum Gasteiger partial charge on any atom is 0.165 e. The second-order valence-electron chi connectivity index (χ2n) is 15.5. The molecule has 2 aliphatic rings. The van der Waals surface area contributed by atoms with Crippen molar-refractivity contribution in [1.82, 2.24) is 40.0 Å². The molecular weight excluding hydrogens is 771 g/mol. The zero-order valence-corrected chi connectivity index (χ0v) is 32.9. The maximum atomic E-state index is 16.1. The lowest BCUT2D eigenvalue weighted by Crippen LogP contribution is -2.48. The third kappa shape index (κ3) is 7.60. The molecule has 0 radical (unpaired) electrons. The van der Waals surface area contributed by atoms with Gasteiger partial charge in [0.15, 0.2) is 5.65 Å². The molecule has 0 amide bonds. The number of benzene rings is 2. The van der Waals surface area contributed by atoms with Crippen molar-refractivity contribution in [2.24, 2.45) is 0 Å². The molecule has 2 aliphatic heterocycles. The number of unbranched alkanes of at least 4 members (excludes halogenated alkanes) is 2. The van der Waals surface area contributed by atoms with Gasteiger partial charge >= 0.3 is 0 Å². The van der Waals surface area contributed by atoms with Crippen molar-refractivity contribution in [1.29, 1.82) is 0 Å². The lowest BCUT2D eigenvalue weighted by molar-refractivity contribution is 0.0642. The van der Waals surface area contributed by atoms with E-state index < -0.39 is 23.3 Å². The Morgan fingerprint density at radius 3 is 2.65 bits per heavy atom. The zero-order chi connectivity index (χ0) is 38.3. The predicted octanol–water partition coefficient (Wildman–Crippen LogP) is 8.85. The smallest absolute Gasteiger partial charge is 0.165 e. The van der Waals surface area contributed by atoms with Crippen LogP contribution >= 0.6 is 15.9 Å². The van der Waals surface area contributed by atoms with E-state index in [1.54, 1.807) is 6.20 Å². The summed E-state index contributed by atoms with van der Waals surface area (Å²) in [5, 5.41) is 19.8. The van der Waals surface area contributed by atoms with E-state index in [0.717, 1.165) is 88.0 Å². The highest BCUT2D eigenvalue weighted by atomic mass is 79.9. The summed E-state index contributed by atoms with van der Waals surface area (Å²) in [5.41, 5.74) is 4.55. The van der Waals surface area contributed by atoms with Crippen molar-refractivity contribution in [3.63, 3.8) is 0 Å². The third-order valence-electron chi connectivity index (χ3n) is 10.9. The number of hydrogen-bond acceptors (Lipinski definition) is 7. The second kappa shape index (κ2) is 15.6. The van der Waals surface area contributed by atoms with Crippen LogP contribution in [0, 0.1) is 11.6 Å². The molecule has 1 fully saturated rings. The van der Waals surface area contributed by atoms with Crippen LogP contribution in [0.25, 0.3) is 27.7 Å². The second-order valence-corrected chi connectivity index (χ2v) is 16.3. The van der Waals surface area contributed by atoms with Gasteiger partial charge < -0.3 is 20.4 Å². The molecule has 4 aromatic heterocycles. The maximum absolute atomic E-state index is 16.1. The largest absolute Gasteiger partial charge is 0.493 e. The van der Waals surface area contributed by atoms with Crippen molar-refractivity contribution in [2.75, 3.05) is 38.1 Å². The summed E-state index contributed by atoms with van der Waals surface area (Å²) in [6.45, 7) is 7.88. The topological polar surface area (TPSA) is 111 Å². The Kier molecular flexibility index (Phi) is 10.7. The SMILES string of the molecule is C[C@@H]1Cc2c([nH]c3ccccc23)[C@@H](c2c(F)cc(OCCCCCNc3c(Br)c(C4CCCNC4)nc4c(-c5cn[nH]c5)cnn34)cc2F)N1CC(C)(C)F. The van der Waals surface area contributed by atoms with Crippen molar-refractivity contribution in [2.45, 2.75) is 83.0 Å². The molecule has 0 aliphatic carbocycles. The Morgan fingerprint density at radius 2 is 1.91 bits per heavy atom. The van der Waals surface area contributed by atoms with Crippen LogP contribution in [-0.2, 0) is 6.42 Å². The number of alkyl halides is 1. The van der Waals surface area contributed by atoms with Crippen LogP contribution in [0.5, 0.6) is 5.75 Å². The minimum Gasteiger partial charge on any atom is -0.493 e. The molecule has 10 nitrogen and oxygen atoms in total. The van der Waals surface area contributed by atoms with Gasteiger partial charge in [-0.1, -0.05) is 18.2 Å². The summed E-state index contributed by atoms with van der Waals surface area (Å²) in [7, 11) is 0. The minimum absolute atomic E-state index is 0.0239. The van der Waals surface area contributed by atoms with E-state index in [4.69, 9.17) is 9.72 Å². The van der Waals surface area contributed by atoms with Crippen molar-refractivity contribution in [3.8, 4) is 16.9 Å². The Bertz CT molecular complexity index is 2250. The summed E-state index contributed by atoms with van der Waals surface area (Å²) in [4.78, 5) is 10.4. The van der Waals surface area contributed by atoms with E-state index >= 15 is 13.2 Å². The summed E-state index contributed by atoms with van der Waals surface area (Å²) >= 11 is 3.86. The molecule has 0 saturated carbocycles. The number of nitrogens with zero attached hydrogens (tertiary/aromatic N) is 5. The fraction of sp³-hybridized carbons (Fsp3) is 0.439. The van der Waals surface area contributed by atoms with Gasteiger partial charge in [0.05, 0.1) is 35.2 Å². The van der Waals surface area contributed by atoms with Gasteiger partial charge in [-0.05, 0) is 93.4 Å². The number of para-hydroxylation sites is 1. The van der Waals surface area contributed by atoms with Crippen molar-refractivity contribution < 1.29 is 17.9 Å². The number of rotatable bonds is 13. The molecule has 1 saturated heterocycles. The fourth-order valence-electron chi connectivity index (χ4n) is 8.31. The molecule has 2 aromatic carbocycles. The first-order valence-corrected chi connectivity index (χ1v) is 20.0. The zero-order valence-electron chi connectivity index (χ0n) is 31.4. The minimum atomic E-state index is -1.57. The molecule has 14 heteroatoms. The van der Waals surface area contributed by atoms with E-state index in [1.165, 1.54) is 26.0 Å². The van der Waals surface area contributed by atoms with Gasteiger partial charge in [0.25, 0.3) is 0 Å². The Balaban J connectivity index is 0.931. The van der Waals surface area contributed by atoms with Gasteiger partial charge in [0, 0.05) is 83.2 Å². The van der Waals surface area contributed by atoms with Crippen LogP contribution in [0.15, 0.2) is 59.5 Å². The predicted molar refractivity (Wildman–Crippen MR) is 213 cm³/mol. The number of aromatic nitrogens is 6. The standard InChI is InChI=1S/C41H47BrF3N9O/c1-24-16-29-28-11-5-6-12-33(28)51-37(29)38(53(24)23-41(2,3)45)34-31(43)17-27(18-32(34)44)55-15-8-4-7-14-47-40-35(42)36(25-10-9-13-46-19-25)52-39-30(22-50-54(39)40)26-20-48-49-21-26/h5-6,11-12,17-18,20-22,24-25,38,46-47,51H,4,7-10,13-16,19,23H2,1-3H3,(H,48,49)/t24-,25?,38-/m1/s1. The molecule has 6 heterocycles. The number of piperidine rings is 1. The average molecular weight is 819 g/mol. The van der Waals surface area contributed by atoms with Gasteiger partial charge in [0.2, 0.25) is 0 Å². The highest BCUT2D eigenvalue weighted by Crippen LogP contribution is 2.44. The summed E-state index contributed by atoms with van der Waals surface area (Å²) in [6.07, 6.45) is 10.6. The fourth-order valence-corrected chi connectivity index (χ4v) is 9.03. The number of fused-ring (bicyclic) bond motifs is 4. The quantitative estimate of drug-likeness (QED) is 0.0863. The number of nitrogens with one attached hydrogen (secondary N) is 4. The van der Waals surface area contributed by atoms with E-state index in [-0.39, 0.29) is 29.8 Å². The summed E-state index contributed by atoms with van der Waals surface area (Å²) < 4.78 is 56.0. The van der Waals surface area contributed by atoms with Crippen LogP contribution in [0.3, 0.4) is 0 Å². The molecule has 0 spiro atoms. The molecule has 55 heavy (non-hydrogen) atoms. The normalized spacial score (nSPS) is 19.3. The van der Waals surface area contributed by atoms with Crippen molar-refractivity contribution >= 4 is 38.3 Å². The van der Waals surface area contributed by atoms with Crippen LogP contribution < -0.4 is 15.4 Å². The monoisotopic (exact) mass is 817 g/mol. The van der Waals surface area contributed by atoms with Gasteiger partial charge in [-0.15, -0.1) is 0 Å². The molecule has 4 N–H and O–H groups in total. The number of H-pyrrole nitrogens is 2. The van der Waals surface area contributed by atoms with E-state index in [2.05, 4.69) is 46.8 Å². The first-order chi connectivity index (χ1) is 26.6. The highest BCUT2D eigenvalue weighted by molar-refractivity contribution is 9.10. The molecular formula is C41H47BrF3N9O. The van der Waals surface area contributed by atoms with E-state index in [9.17, 15) is 0 Å². The van der Waals surface area contributed by atoms with Gasteiger partial charge in [-0.3, -0.25) is 10.00 Å². The number of hydrogen-bond donors (Lipinski definition) is 4. The van der Waals surface area contributed by atoms with Gasteiger partial charge in [-0.2, -0.15) is 14.7 Å². The molecule has 0 bridgehead atoms. The highest BCUT2D eigenvalue weighted by Gasteiger charge is 2.41. The Morgan fingerprint density at radius 1 is 1.09 bits per heavy atom. The molecule has 290 valence electrons.